The zero-order valence-electron chi connectivity index (χ0n) is 22.5. The summed E-state index contributed by atoms with van der Waals surface area (Å²) in [6.45, 7) is 10.5. The molecule has 2 atom stereocenters. The fourth-order valence-corrected chi connectivity index (χ4v) is 5.98. The third-order valence-corrected chi connectivity index (χ3v) is 8.13. The summed E-state index contributed by atoms with van der Waals surface area (Å²) in [4.78, 5) is 26.4. The number of hydrogen-bond acceptors (Lipinski definition) is 6. The summed E-state index contributed by atoms with van der Waals surface area (Å²) < 4.78 is 20.0. The summed E-state index contributed by atoms with van der Waals surface area (Å²) in [5.41, 5.74) is 6.18. The van der Waals surface area contributed by atoms with Crippen molar-refractivity contribution in [1.82, 2.24) is 10.2 Å². The van der Waals surface area contributed by atoms with E-state index < -0.39 is 11.6 Å². The molecule has 0 spiro atoms. The lowest BCUT2D eigenvalue weighted by molar-refractivity contribution is -0.162. The molecule has 198 valence electrons. The number of esters is 1. The van der Waals surface area contributed by atoms with Crippen LogP contribution >= 0.6 is 0 Å². The molecule has 0 aromatic heterocycles. The Bertz CT molecular complexity index is 1260. The van der Waals surface area contributed by atoms with Crippen LogP contribution in [0.25, 0.3) is 5.57 Å². The Morgan fingerprint density at radius 1 is 1.38 bits per heavy atom. The van der Waals surface area contributed by atoms with Crippen molar-refractivity contribution in [1.29, 1.82) is 0 Å². The second-order valence-corrected chi connectivity index (χ2v) is 10.2. The zero-order valence-corrected chi connectivity index (χ0v) is 22.5. The average Bonchev–Trinajstić information content (AvgIpc) is 3.17. The number of aryl methyl sites for hydroxylation is 1. The zero-order chi connectivity index (χ0) is 27.1. The number of likely N-dealkylation sites (N-methyl/N-ethyl adjacent to an activating group) is 2. The van der Waals surface area contributed by atoms with Gasteiger partial charge in [0, 0.05) is 36.5 Å². The highest BCUT2D eigenvalue weighted by atomic mass is 19.1. The van der Waals surface area contributed by atoms with E-state index in [0.717, 1.165) is 64.8 Å². The molecule has 7 heteroatoms. The molecule has 1 aliphatic carbocycles. The number of nitrogens with one attached hydrogen (secondary N) is 1. The largest absolute Gasteiger partial charge is 0.458 e. The molecule has 0 amide bonds. The highest BCUT2D eigenvalue weighted by molar-refractivity contribution is 5.92. The summed E-state index contributed by atoms with van der Waals surface area (Å²) in [5.74, 6) is -0.913. The second kappa shape index (κ2) is 10.4. The van der Waals surface area contributed by atoms with Crippen LogP contribution in [0.15, 0.2) is 46.7 Å². The number of aliphatic hydroxyl groups is 1. The van der Waals surface area contributed by atoms with E-state index in [1.807, 2.05) is 25.9 Å². The Balaban J connectivity index is 1.93. The van der Waals surface area contributed by atoms with E-state index in [1.54, 1.807) is 19.1 Å². The third kappa shape index (κ3) is 4.38. The second-order valence-electron chi connectivity index (χ2n) is 10.2. The number of allylic oxidation sites excluding steroid dienone is 1. The van der Waals surface area contributed by atoms with E-state index in [2.05, 4.69) is 18.8 Å². The Morgan fingerprint density at radius 3 is 2.73 bits per heavy atom. The van der Waals surface area contributed by atoms with Crippen LogP contribution in [0.4, 0.5) is 4.39 Å². The maximum Gasteiger partial charge on any atom is 0.343 e. The van der Waals surface area contributed by atoms with E-state index in [-0.39, 0.29) is 36.0 Å². The maximum absolute atomic E-state index is 14.9. The predicted molar refractivity (Wildman–Crippen MR) is 142 cm³/mol. The Labute approximate surface area is 218 Å². The van der Waals surface area contributed by atoms with Gasteiger partial charge in [-0.05, 0) is 90.8 Å². The number of carbonyl (C=O) groups is 2. The minimum atomic E-state index is -1.90. The highest BCUT2D eigenvalue weighted by Gasteiger charge is 2.45. The molecule has 0 radical (unpaired) electrons. The number of carbonyl (C=O) groups excluding carboxylic acids is 2. The first-order valence-corrected chi connectivity index (χ1v) is 13.0. The molecule has 4 rings (SSSR count). The fourth-order valence-electron chi connectivity index (χ4n) is 5.98. The average molecular weight is 509 g/mol. The van der Waals surface area contributed by atoms with Gasteiger partial charge in [0.1, 0.15) is 18.7 Å². The Morgan fingerprint density at radius 2 is 2.11 bits per heavy atom. The molecule has 2 aliphatic heterocycles. The summed E-state index contributed by atoms with van der Waals surface area (Å²) in [6.07, 6.45) is 5.75. The van der Waals surface area contributed by atoms with Gasteiger partial charge in [0.05, 0.1) is 0 Å². The first-order chi connectivity index (χ1) is 17.6. The maximum atomic E-state index is 14.9. The SMILES string of the molecule is C=C1/C(=C/C2=C(C=O)COC(=O)C2(O)CC)N(C)C/C1=C1/c2c(CCC)cc(F)c(C)c2CCC1NC. The van der Waals surface area contributed by atoms with Gasteiger partial charge in [-0.1, -0.05) is 26.8 Å². The summed E-state index contributed by atoms with van der Waals surface area (Å²) >= 11 is 0. The molecule has 6 nitrogen and oxygen atoms in total. The smallest absolute Gasteiger partial charge is 0.343 e. The van der Waals surface area contributed by atoms with Gasteiger partial charge in [-0.25, -0.2) is 9.18 Å². The van der Waals surface area contributed by atoms with E-state index in [1.165, 1.54) is 0 Å². The van der Waals surface area contributed by atoms with Gasteiger partial charge >= 0.3 is 5.97 Å². The number of ether oxygens (including phenoxy) is 1. The minimum absolute atomic E-state index is 0.0762. The van der Waals surface area contributed by atoms with Gasteiger partial charge in [-0.2, -0.15) is 0 Å². The molecule has 1 saturated heterocycles. The van der Waals surface area contributed by atoms with E-state index >= 15 is 0 Å². The summed E-state index contributed by atoms with van der Waals surface area (Å²) in [6, 6.07) is 1.76. The molecular formula is C30H37FN2O4. The molecule has 2 N–H and O–H groups in total. The minimum Gasteiger partial charge on any atom is -0.458 e. The van der Waals surface area contributed by atoms with E-state index in [4.69, 9.17) is 4.74 Å². The molecule has 2 unspecified atom stereocenters. The molecule has 1 aromatic rings. The van der Waals surface area contributed by atoms with Crippen LogP contribution in [0.5, 0.6) is 0 Å². The van der Waals surface area contributed by atoms with Gasteiger partial charge < -0.3 is 20.1 Å². The van der Waals surface area contributed by atoms with Crippen LogP contribution in [-0.2, 0) is 27.2 Å². The van der Waals surface area contributed by atoms with Gasteiger partial charge in [0.15, 0.2) is 5.60 Å². The Kier molecular flexibility index (Phi) is 7.58. The quantitative estimate of drug-likeness (QED) is 0.448. The number of nitrogens with zero attached hydrogens (tertiary/aromatic N) is 1. The Hall–Kier alpha value is -3.03. The van der Waals surface area contributed by atoms with Crippen LogP contribution in [-0.4, -0.2) is 61.2 Å². The lowest BCUT2D eigenvalue weighted by Gasteiger charge is -2.33. The monoisotopic (exact) mass is 508 g/mol. The molecular weight excluding hydrogens is 471 g/mol. The van der Waals surface area contributed by atoms with E-state index in [9.17, 15) is 19.1 Å². The van der Waals surface area contributed by atoms with Gasteiger partial charge in [0.25, 0.3) is 0 Å². The van der Waals surface area contributed by atoms with Crippen LogP contribution in [0, 0.1) is 12.7 Å². The topological polar surface area (TPSA) is 78.9 Å². The van der Waals surface area contributed by atoms with Crippen molar-refractivity contribution >= 4 is 17.8 Å². The van der Waals surface area contributed by atoms with Crippen molar-refractivity contribution in [2.45, 2.75) is 64.5 Å². The number of cyclic esters (lactones) is 1. The third-order valence-electron chi connectivity index (χ3n) is 8.13. The fraction of sp³-hybridized carbons (Fsp3) is 0.467. The molecule has 2 heterocycles. The van der Waals surface area contributed by atoms with Crippen molar-refractivity contribution < 1.29 is 23.8 Å². The number of fused-ring (bicyclic) bond motifs is 1. The highest BCUT2D eigenvalue weighted by Crippen LogP contribution is 2.44. The number of likely N-dealkylation sites (tertiary alicyclic amines) is 1. The van der Waals surface area contributed by atoms with Crippen LogP contribution in [0.2, 0.25) is 0 Å². The van der Waals surface area contributed by atoms with Crippen molar-refractivity contribution in [2.24, 2.45) is 0 Å². The normalized spacial score (nSPS) is 27.2. The first kappa shape index (κ1) is 27.0. The van der Waals surface area contributed by atoms with Crippen LogP contribution in [0.1, 0.15) is 55.4 Å². The number of hydrogen-bond donors (Lipinski definition) is 2. The van der Waals surface area contributed by atoms with Gasteiger partial charge in [-0.3, -0.25) is 4.79 Å². The van der Waals surface area contributed by atoms with Gasteiger partial charge in [0.2, 0.25) is 0 Å². The first-order valence-electron chi connectivity index (χ1n) is 13.0. The van der Waals surface area contributed by atoms with Crippen LogP contribution < -0.4 is 5.32 Å². The number of halogens is 1. The molecule has 1 fully saturated rings. The molecule has 0 saturated carbocycles. The van der Waals surface area contributed by atoms with Crippen molar-refractivity contribution in [3.63, 3.8) is 0 Å². The molecule has 37 heavy (non-hydrogen) atoms. The van der Waals surface area contributed by atoms with E-state index in [0.29, 0.717) is 18.4 Å². The lowest BCUT2D eigenvalue weighted by atomic mass is 9.75. The molecule has 0 bridgehead atoms. The molecule has 3 aliphatic rings. The van der Waals surface area contributed by atoms with Crippen molar-refractivity contribution in [3.05, 3.63) is 74.8 Å². The van der Waals surface area contributed by atoms with Crippen molar-refractivity contribution in [3.8, 4) is 0 Å². The number of aldehydes is 1. The standard InChI is InChI=1S/C30H37FN2O4/c1-7-9-19-12-24(31)17(3)21-10-11-25(32-5)28(27(19)21)22-14-33(6)26(18(22)4)13-23-20(15-34)16-37-29(35)30(23,36)8-2/h12-13,15,25,32,36H,4,7-11,14,16H2,1-3,5-6H3/b26-13-,28-22-. The predicted octanol–water partition coefficient (Wildman–Crippen LogP) is 3.95. The van der Waals surface area contributed by atoms with Crippen molar-refractivity contribution in [2.75, 3.05) is 27.2 Å². The number of benzene rings is 1. The summed E-state index contributed by atoms with van der Waals surface area (Å²) in [7, 11) is 3.87. The summed E-state index contributed by atoms with van der Waals surface area (Å²) in [5, 5.41) is 14.6. The lowest BCUT2D eigenvalue weighted by Crippen LogP contribution is -2.45. The molecule has 1 aromatic carbocycles. The van der Waals surface area contributed by atoms with Crippen LogP contribution in [0.3, 0.4) is 0 Å². The number of rotatable bonds is 6. The van der Waals surface area contributed by atoms with Gasteiger partial charge in [-0.15, -0.1) is 0 Å².